The molecule has 0 saturated heterocycles. The number of carbonyl (C=O) groups is 1. The normalized spacial score (nSPS) is 16.3. The summed E-state index contributed by atoms with van der Waals surface area (Å²) in [4.78, 5) is 17.7. The molecule has 0 unspecified atom stereocenters. The summed E-state index contributed by atoms with van der Waals surface area (Å²) in [5.74, 6) is -0.0471. The van der Waals surface area contributed by atoms with Gasteiger partial charge in [0.25, 0.3) is 5.91 Å². The maximum atomic E-state index is 12.8. The van der Waals surface area contributed by atoms with Crippen LogP contribution in [0, 0.1) is 0 Å². The van der Waals surface area contributed by atoms with Gasteiger partial charge in [0.15, 0.2) is 0 Å². The van der Waals surface area contributed by atoms with Gasteiger partial charge in [-0.25, -0.2) is 0 Å². The highest BCUT2D eigenvalue weighted by molar-refractivity contribution is 5.95. The molecule has 1 aliphatic rings. The van der Waals surface area contributed by atoms with Crippen molar-refractivity contribution in [1.82, 2.24) is 4.57 Å². The maximum absolute atomic E-state index is 12.8. The van der Waals surface area contributed by atoms with E-state index in [1.165, 1.54) is 19.3 Å². The zero-order valence-corrected chi connectivity index (χ0v) is 14.1. The van der Waals surface area contributed by atoms with Crippen LogP contribution in [0.1, 0.15) is 48.0 Å². The Morgan fingerprint density at radius 2 is 1.88 bits per heavy atom. The van der Waals surface area contributed by atoms with Crippen molar-refractivity contribution < 1.29 is 9.53 Å². The molecule has 1 saturated carbocycles. The van der Waals surface area contributed by atoms with Crippen LogP contribution in [0.2, 0.25) is 0 Å². The van der Waals surface area contributed by atoms with Gasteiger partial charge in [-0.15, -0.1) is 0 Å². The lowest BCUT2D eigenvalue weighted by molar-refractivity contribution is 0.0954. The van der Waals surface area contributed by atoms with Gasteiger partial charge in [-0.05, 0) is 42.7 Å². The predicted molar refractivity (Wildman–Crippen MR) is 93.8 cm³/mol. The van der Waals surface area contributed by atoms with Crippen molar-refractivity contribution in [2.45, 2.75) is 44.8 Å². The van der Waals surface area contributed by atoms with Crippen LogP contribution in [0.5, 0.6) is 0 Å². The molecule has 3 rings (SSSR count). The Balaban J connectivity index is 1.88. The lowest BCUT2D eigenvalue weighted by atomic mass is 9.96. The molecule has 0 N–H and O–H groups in total. The molecule has 1 aromatic heterocycles. The first-order chi connectivity index (χ1) is 11.8. The number of carbonyl (C=O) groups excluding carboxylic acids is 1. The van der Waals surface area contributed by atoms with E-state index in [-0.39, 0.29) is 5.91 Å². The van der Waals surface area contributed by atoms with Crippen LogP contribution >= 0.6 is 0 Å². The first-order valence-corrected chi connectivity index (χ1v) is 8.62. The van der Waals surface area contributed by atoms with E-state index < -0.39 is 0 Å². The van der Waals surface area contributed by atoms with Crippen molar-refractivity contribution in [3.05, 3.63) is 65.3 Å². The summed E-state index contributed by atoms with van der Waals surface area (Å²) in [5.41, 5.74) is 2.46. The molecular formula is C20H24N2O2. The Labute approximate surface area is 142 Å². The van der Waals surface area contributed by atoms with E-state index in [4.69, 9.17) is 9.73 Å². The molecule has 0 aliphatic heterocycles. The van der Waals surface area contributed by atoms with Crippen LogP contribution in [0.15, 0.2) is 53.7 Å². The molecule has 126 valence electrons. The highest BCUT2D eigenvalue weighted by Crippen LogP contribution is 2.19. The van der Waals surface area contributed by atoms with E-state index >= 15 is 0 Å². The largest absolute Gasteiger partial charge is 0.380 e. The van der Waals surface area contributed by atoms with Crippen LogP contribution in [0.4, 0.5) is 0 Å². The molecule has 1 aliphatic carbocycles. The molecule has 0 amide bonds. The molecule has 24 heavy (non-hydrogen) atoms. The molecule has 0 spiro atoms. The Morgan fingerprint density at radius 3 is 2.58 bits per heavy atom. The zero-order chi connectivity index (χ0) is 16.8. The second kappa shape index (κ2) is 8.06. The number of ether oxygens (including phenoxy) is 1. The van der Waals surface area contributed by atoms with E-state index in [1.54, 1.807) is 17.9 Å². The zero-order valence-electron chi connectivity index (χ0n) is 14.1. The van der Waals surface area contributed by atoms with E-state index in [2.05, 4.69) is 0 Å². The number of hydrogen-bond donors (Lipinski definition) is 0. The molecule has 1 heterocycles. The van der Waals surface area contributed by atoms with Gasteiger partial charge >= 0.3 is 0 Å². The van der Waals surface area contributed by atoms with Gasteiger partial charge in [-0.3, -0.25) is 14.4 Å². The number of hydrogen-bond acceptors (Lipinski definition) is 3. The standard InChI is InChI=1S/C20H24N2O2/c1-24-15-16-10-12-17(13-11-16)20(23)22-14-6-5-9-19(22)21-18-7-3-2-4-8-18/h5-6,9-14,18H,2-4,7-8,15H2,1H3. The second-order valence-corrected chi connectivity index (χ2v) is 6.28. The Hall–Kier alpha value is -2.20. The van der Waals surface area contributed by atoms with E-state index in [0.29, 0.717) is 18.2 Å². The van der Waals surface area contributed by atoms with Crippen molar-refractivity contribution in [3.63, 3.8) is 0 Å². The highest BCUT2D eigenvalue weighted by atomic mass is 16.5. The van der Waals surface area contributed by atoms with Crippen LogP contribution < -0.4 is 5.49 Å². The molecule has 0 atom stereocenters. The summed E-state index contributed by atoms with van der Waals surface area (Å²) >= 11 is 0. The predicted octanol–water partition coefficient (Wildman–Crippen LogP) is 3.56. The van der Waals surface area contributed by atoms with Gasteiger partial charge in [0.05, 0.1) is 12.6 Å². The Morgan fingerprint density at radius 1 is 1.12 bits per heavy atom. The van der Waals surface area contributed by atoms with Gasteiger partial charge < -0.3 is 4.74 Å². The molecule has 0 radical (unpaired) electrons. The van der Waals surface area contributed by atoms with Crippen molar-refractivity contribution in [2.24, 2.45) is 4.99 Å². The van der Waals surface area contributed by atoms with Gasteiger partial charge in [0.1, 0.15) is 5.49 Å². The number of nitrogens with zero attached hydrogens (tertiary/aromatic N) is 2. The van der Waals surface area contributed by atoms with Crippen LogP contribution in [0.25, 0.3) is 0 Å². The van der Waals surface area contributed by atoms with Crippen molar-refractivity contribution in [1.29, 1.82) is 0 Å². The molecule has 0 bridgehead atoms. The fourth-order valence-electron chi connectivity index (χ4n) is 3.16. The molecule has 2 aromatic rings. The summed E-state index contributed by atoms with van der Waals surface area (Å²) in [7, 11) is 1.66. The molecular weight excluding hydrogens is 300 g/mol. The average molecular weight is 324 g/mol. The summed E-state index contributed by atoms with van der Waals surface area (Å²) in [6.45, 7) is 0.551. The average Bonchev–Trinajstić information content (AvgIpc) is 2.63. The number of aromatic nitrogens is 1. The molecule has 4 heteroatoms. The van der Waals surface area contributed by atoms with E-state index in [1.807, 2.05) is 42.5 Å². The van der Waals surface area contributed by atoms with E-state index in [0.717, 1.165) is 23.9 Å². The second-order valence-electron chi connectivity index (χ2n) is 6.28. The van der Waals surface area contributed by atoms with Crippen molar-refractivity contribution in [2.75, 3.05) is 7.11 Å². The van der Waals surface area contributed by atoms with Crippen molar-refractivity contribution >= 4 is 5.91 Å². The minimum Gasteiger partial charge on any atom is -0.380 e. The lowest BCUT2D eigenvalue weighted by Gasteiger charge is -2.17. The van der Waals surface area contributed by atoms with E-state index in [9.17, 15) is 4.79 Å². The minimum atomic E-state index is -0.0471. The Kier molecular flexibility index (Phi) is 5.59. The Bertz CT molecular complexity index is 741. The molecule has 4 nitrogen and oxygen atoms in total. The lowest BCUT2D eigenvalue weighted by Crippen LogP contribution is -2.29. The van der Waals surface area contributed by atoms with Gasteiger partial charge in [-0.1, -0.05) is 37.5 Å². The first kappa shape index (κ1) is 16.7. The fraction of sp³-hybridized carbons (Fsp3) is 0.400. The number of methoxy groups -OCH3 is 1. The quantitative estimate of drug-likeness (QED) is 0.863. The van der Waals surface area contributed by atoms with Crippen LogP contribution in [-0.4, -0.2) is 23.6 Å². The number of rotatable bonds is 4. The van der Waals surface area contributed by atoms with Crippen LogP contribution in [0.3, 0.4) is 0 Å². The monoisotopic (exact) mass is 324 g/mol. The molecule has 1 aromatic carbocycles. The SMILES string of the molecule is COCc1ccc(C(=O)n2ccccc2=NC2CCCCC2)cc1. The minimum absolute atomic E-state index is 0.0471. The fourth-order valence-corrected chi connectivity index (χ4v) is 3.16. The molecule has 1 fully saturated rings. The third-order valence-corrected chi connectivity index (χ3v) is 4.46. The topological polar surface area (TPSA) is 43.6 Å². The summed E-state index contributed by atoms with van der Waals surface area (Å²) in [6, 6.07) is 13.6. The maximum Gasteiger partial charge on any atom is 0.263 e. The van der Waals surface area contributed by atoms with Gasteiger partial charge in [0.2, 0.25) is 0 Å². The van der Waals surface area contributed by atoms with Gasteiger partial charge in [0, 0.05) is 18.9 Å². The first-order valence-electron chi connectivity index (χ1n) is 8.62. The number of pyridine rings is 1. The van der Waals surface area contributed by atoms with Crippen LogP contribution in [-0.2, 0) is 11.3 Å². The van der Waals surface area contributed by atoms with Gasteiger partial charge in [-0.2, -0.15) is 0 Å². The highest BCUT2D eigenvalue weighted by Gasteiger charge is 2.13. The number of benzene rings is 1. The third kappa shape index (κ3) is 4.01. The third-order valence-electron chi connectivity index (χ3n) is 4.46. The van der Waals surface area contributed by atoms with Crippen molar-refractivity contribution in [3.8, 4) is 0 Å². The summed E-state index contributed by atoms with van der Waals surface area (Å²) in [6.07, 6.45) is 7.80. The smallest absolute Gasteiger partial charge is 0.263 e. The summed E-state index contributed by atoms with van der Waals surface area (Å²) < 4.78 is 6.76. The summed E-state index contributed by atoms with van der Waals surface area (Å²) in [5, 5.41) is 0.